The van der Waals surface area contributed by atoms with Crippen LogP contribution in [-0.2, 0) is 5.41 Å². The molecule has 1 heterocycles. The predicted molar refractivity (Wildman–Crippen MR) is 292 cm³/mol. The molecule has 5 heteroatoms. The number of hydrogen-bond acceptors (Lipinski definition) is 3. The third kappa shape index (κ3) is 7.50. The topological polar surface area (TPSA) is 19.6 Å². The summed E-state index contributed by atoms with van der Waals surface area (Å²) in [5.41, 5.74) is 16.2. The van der Waals surface area contributed by atoms with Crippen molar-refractivity contribution >= 4 is 93.4 Å². The van der Waals surface area contributed by atoms with E-state index in [9.17, 15) is 0 Å². The van der Waals surface area contributed by atoms with E-state index in [4.69, 9.17) is 4.42 Å². The van der Waals surface area contributed by atoms with Gasteiger partial charge < -0.3 is 14.2 Å². The van der Waals surface area contributed by atoms with Crippen LogP contribution in [0, 0.1) is 0 Å². The zero-order valence-electron chi connectivity index (χ0n) is 41.0. The summed E-state index contributed by atoms with van der Waals surface area (Å²) < 4.78 is 7.09. The molecule has 0 bridgehead atoms. The van der Waals surface area contributed by atoms with Gasteiger partial charge in [-0.2, -0.15) is 0 Å². The highest BCUT2D eigenvalue weighted by Crippen LogP contribution is 2.59. The quantitative estimate of drug-likeness (QED) is 0.128. The van der Waals surface area contributed by atoms with E-state index in [1.807, 2.05) is 0 Å². The summed E-state index contributed by atoms with van der Waals surface area (Å²) in [6.45, 7) is 28.6. The molecule has 0 aliphatic heterocycles. The fourth-order valence-corrected chi connectivity index (χ4v) is 12.7. The molecule has 0 spiro atoms. The van der Waals surface area contributed by atoms with Gasteiger partial charge in [-0.15, -0.1) is 0 Å². The van der Waals surface area contributed by atoms with Crippen LogP contribution in [0.3, 0.4) is 0 Å². The second-order valence-electron chi connectivity index (χ2n) is 21.9. The Morgan fingerprint density at radius 2 is 0.970 bits per heavy atom. The molecule has 0 saturated carbocycles. The Bertz CT molecular complexity index is 3310. The molecule has 1 aliphatic carbocycles. The maximum atomic E-state index is 7.09. The number of nitrogens with zero attached hydrogens (tertiary/aromatic N) is 2. The van der Waals surface area contributed by atoms with Crippen molar-refractivity contribution in [2.75, 3.05) is 9.80 Å². The van der Waals surface area contributed by atoms with Gasteiger partial charge in [0.1, 0.15) is 11.2 Å². The Balaban J connectivity index is 1.27. The number of rotatable bonds is 10. The van der Waals surface area contributed by atoms with E-state index in [0.29, 0.717) is 11.8 Å². The molecular weight excluding hydrogens is 833 g/mol. The minimum atomic E-state index is -1.67. The minimum Gasteiger partial charge on any atom is -0.456 e. The van der Waals surface area contributed by atoms with Gasteiger partial charge in [0.2, 0.25) is 0 Å². The first-order valence-corrected chi connectivity index (χ1v) is 31.0. The van der Waals surface area contributed by atoms with Crippen LogP contribution in [0.1, 0.15) is 75.6 Å². The van der Waals surface area contributed by atoms with Crippen LogP contribution < -0.4 is 20.2 Å². The molecular formula is C61H64N2OSi2. The van der Waals surface area contributed by atoms with Crippen molar-refractivity contribution in [3.8, 4) is 11.1 Å². The highest BCUT2D eigenvalue weighted by molar-refractivity contribution is 6.89. The first-order chi connectivity index (χ1) is 31.4. The van der Waals surface area contributed by atoms with Crippen LogP contribution >= 0.6 is 0 Å². The molecule has 0 atom stereocenters. The summed E-state index contributed by atoms with van der Waals surface area (Å²) in [6.07, 6.45) is 0. The molecule has 332 valence electrons. The average molecular weight is 897 g/mol. The van der Waals surface area contributed by atoms with Gasteiger partial charge in [-0.3, -0.25) is 0 Å². The Kier molecular flexibility index (Phi) is 10.6. The lowest BCUT2D eigenvalue weighted by atomic mass is 9.80. The Labute approximate surface area is 394 Å². The van der Waals surface area contributed by atoms with E-state index in [1.165, 1.54) is 65.6 Å². The number of anilines is 6. The minimum absolute atomic E-state index is 0.391. The maximum Gasteiger partial charge on any atom is 0.137 e. The summed E-state index contributed by atoms with van der Waals surface area (Å²) in [5, 5.41) is 7.65. The van der Waals surface area contributed by atoms with Crippen LogP contribution in [0.15, 0.2) is 162 Å². The van der Waals surface area contributed by atoms with E-state index in [0.717, 1.165) is 45.0 Å². The maximum absolute atomic E-state index is 7.09. The van der Waals surface area contributed by atoms with Crippen LogP contribution in [0.5, 0.6) is 0 Å². The first kappa shape index (κ1) is 43.7. The molecule has 0 saturated heterocycles. The molecule has 0 unspecified atom stereocenters. The zero-order chi connectivity index (χ0) is 46.4. The van der Waals surface area contributed by atoms with E-state index < -0.39 is 21.6 Å². The molecule has 8 aromatic carbocycles. The van der Waals surface area contributed by atoms with E-state index in [1.54, 1.807) is 0 Å². The second kappa shape index (κ2) is 16.0. The van der Waals surface area contributed by atoms with Crippen molar-refractivity contribution in [3.63, 3.8) is 0 Å². The van der Waals surface area contributed by atoms with Gasteiger partial charge in [0, 0.05) is 56.3 Å². The fraction of sp³-hybridized carbons (Fsp3) is 0.246. The molecule has 1 aliphatic rings. The highest BCUT2D eigenvalue weighted by Gasteiger charge is 2.42. The molecule has 3 nitrogen and oxygen atoms in total. The van der Waals surface area contributed by atoms with Gasteiger partial charge in [0.25, 0.3) is 0 Å². The summed E-state index contributed by atoms with van der Waals surface area (Å²) in [7, 11) is -3.28. The summed E-state index contributed by atoms with van der Waals surface area (Å²) >= 11 is 0. The van der Waals surface area contributed by atoms with Gasteiger partial charge in [-0.25, -0.2) is 0 Å². The summed E-state index contributed by atoms with van der Waals surface area (Å²) in [5.74, 6) is 0.887. The lowest BCUT2D eigenvalue weighted by molar-refractivity contribution is 0.657. The average Bonchev–Trinajstić information content (AvgIpc) is 3.75. The third-order valence-corrected chi connectivity index (χ3v) is 18.3. The molecule has 66 heavy (non-hydrogen) atoms. The van der Waals surface area contributed by atoms with Gasteiger partial charge in [-0.05, 0) is 123 Å². The number of fused-ring (bicyclic) bond motifs is 8. The standard InChI is InChI=1S/C61H64N2OSi2/c1-39(2)41-23-27-45(28-24-41)62(47-19-15-21-50(35-47)65(7,8)9)49-31-32-52-54(37-49)61(5,6)60-58(52)55(38-57-59(60)53-33-43-17-13-14-18-44(43)34-56(53)64-57)63(46-29-25-42(26-30-46)40(3)4)48-20-16-22-51(36-48)66(10,11)12/h13-40H,1-12H3. The molecule has 0 fully saturated rings. The number of furan rings is 1. The van der Waals surface area contributed by atoms with Gasteiger partial charge in [-0.1, -0.05) is 170 Å². The zero-order valence-corrected chi connectivity index (χ0v) is 43.0. The smallest absolute Gasteiger partial charge is 0.137 e. The molecule has 9 aromatic rings. The molecule has 10 rings (SSSR count). The van der Waals surface area contributed by atoms with E-state index >= 15 is 0 Å². The molecule has 0 radical (unpaired) electrons. The first-order valence-electron chi connectivity index (χ1n) is 24.0. The Morgan fingerprint density at radius 3 is 1.52 bits per heavy atom. The van der Waals surface area contributed by atoms with Crippen molar-refractivity contribution in [1.29, 1.82) is 0 Å². The van der Waals surface area contributed by atoms with Crippen molar-refractivity contribution in [1.82, 2.24) is 0 Å². The Hall–Kier alpha value is -6.15. The highest BCUT2D eigenvalue weighted by atomic mass is 28.3. The summed E-state index contributed by atoms with van der Waals surface area (Å²) in [6, 6.07) is 60.0. The van der Waals surface area contributed by atoms with Crippen molar-refractivity contribution in [2.45, 2.75) is 98.1 Å². The number of benzene rings is 8. The van der Waals surface area contributed by atoms with Gasteiger partial charge in [0.05, 0.1) is 21.8 Å². The normalized spacial score (nSPS) is 13.5. The molecule has 0 amide bonds. The van der Waals surface area contributed by atoms with E-state index in [2.05, 4.69) is 248 Å². The molecule has 0 N–H and O–H groups in total. The largest absolute Gasteiger partial charge is 0.456 e. The Morgan fingerprint density at radius 1 is 0.470 bits per heavy atom. The second-order valence-corrected chi connectivity index (χ2v) is 32.1. The van der Waals surface area contributed by atoms with Crippen LogP contribution in [0.25, 0.3) is 43.8 Å². The number of hydrogen-bond donors (Lipinski definition) is 0. The van der Waals surface area contributed by atoms with Gasteiger partial charge in [0.15, 0.2) is 0 Å². The third-order valence-electron chi connectivity index (χ3n) is 14.3. The van der Waals surface area contributed by atoms with Crippen molar-refractivity contribution < 1.29 is 4.42 Å². The lowest BCUT2D eigenvalue weighted by Crippen LogP contribution is -2.37. The van der Waals surface area contributed by atoms with Crippen molar-refractivity contribution in [2.24, 2.45) is 0 Å². The van der Waals surface area contributed by atoms with Crippen LogP contribution in [0.4, 0.5) is 34.1 Å². The predicted octanol–water partition coefficient (Wildman–Crippen LogP) is 17.3. The molecule has 1 aromatic heterocycles. The fourth-order valence-electron chi connectivity index (χ4n) is 10.3. The lowest BCUT2D eigenvalue weighted by Gasteiger charge is -2.30. The summed E-state index contributed by atoms with van der Waals surface area (Å²) in [4.78, 5) is 4.99. The van der Waals surface area contributed by atoms with Crippen LogP contribution in [-0.4, -0.2) is 16.1 Å². The SMILES string of the molecule is CC(C)c1ccc(N(c2cccc([Si](C)(C)C)c2)c2ccc3c(c2)C(C)(C)c2c-3c(N(c3ccc(C(C)C)cc3)c3cccc([Si](C)(C)C)c3)cc3oc4cc5ccccc5cc4c23)cc1. The van der Waals surface area contributed by atoms with Gasteiger partial charge >= 0.3 is 0 Å². The van der Waals surface area contributed by atoms with E-state index in [-0.39, 0.29) is 0 Å². The van der Waals surface area contributed by atoms with Crippen LogP contribution in [0.2, 0.25) is 39.3 Å². The monoisotopic (exact) mass is 896 g/mol. The van der Waals surface area contributed by atoms with Crippen molar-refractivity contribution in [3.05, 3.63) is 180 Å².